The summed E-state index contributed by atoms with van der Waals surface area (Å²) < 4.78 is 0. The van der Waals surface area contributed by atoms with Crippen molar-refractivity contribution >= 4 is 0 Å². The van der Waals surface area contributed by atoms with Crippen molar-refractivity contribution in [1.29, 1.82) is 0 Å². The highest BCUT2D eigenvalue weighted by atomic mass is 16.7. The summed E-state index contributed by atoms with van der Waals surface area (Å²) in [5, 5.41) is 1.99. The van der Waals surface area contributed by atoms with Crippen LogP contribution >= 0.6 is 0 Å². The molecule has 0 saturated carbocycles. The smallest absolute Gasteiger partial charge is 0.149 e. The molecule has 0 N–H and O–H groups in total. The summed E-state index contributed by atoms with van der Waals surface area (Å²) in [7, 11) is 0. The van der Waals surface area contributed by atoms with Crippen LogP contribution in [0.25, 0.3) is 0 Å². The molecule has 1 radical (unpaired) electrons. The molecule has 0 fully saturated rings. The van der Waals surface area contributed by atoms with Gasteiger partial charge in [-0.3, -0.25) is 0 Å². The van der Waals surface area contributed by atoms with Gasteiger partial charge in [-0.25, -0.2) is 0 Å². The lowest BCUT2D eigenvalue weighted by molar-refractivity contribution is -0.0617. The SMILES string of the molecule is CCC[N+](CC)OCC. The molecule has 0 bridgehead atoms. The molecule has 0 aromatic heterocycles. The van der Waals surface area contributed by atoms with Crippen molar-refractivity contribution in [1.82, 2.24) is 5.06 Å². The molecule has 0 aromatic carbocycles. The predicted octanol–water partition coefficient (Wildman–Crippen LogP) is 1.51. The molecule has 0 aliphatic carbocycles. The Labute approximate surface area is 57.8 Å². The van der Waals surface area contributed by atoms with Gasteiger partial charge in [-0.15, -0.1) is 4.84 Å². The van der Waals surface area contributed by atoms with E-state index in [2.05, 4.69) is 13.8 Å². The van der Waals surface area contributed by atoms with E-state index in [0.717, 1.165) is 26.1 Å². The second kappa shape index (κ2) is 6.05. The van der Waals surface area contributed by atoms with Crippen LogP contribution in [0.15, 0.2) is 0 Å². The van der Waals surface area contributed by atoms with Gasteiger partial charge in [0.15, 0.2) is 13.1 Å². The first kappa shape index (κ1) is 8.92. The Morgan fingerprint density at radius 1 is 1.22 bits per heavy atom. The second-order valence-electron chi connectivity index (χ2n) is 1.94. The highest BCUT2D eigenvalue weighted by Crippen LogP contribution is 1.86. The molecule has 0 heterocycles. The third-order valence-corrected chi connectivity index (χ3v) is 1.14. The van der Waals surface area contributed by atoms with E-state index in [1.807, 2.05) is 12.0 Å². The minimum absolute atomic E-state index is 0.786. The van der Waals surface area contributed by atoms with Gasteiger partial charge in [0.25, 0.3) is 0 Å². The highest BCUT2D eigenvalue weighted by Gasteiger charge is 2.09. The van der Waals surface area contributed by atoms with Crippen molar-refractivity contribution in [3.8, 4) is 0 Å². The van der Waals surface area contributed by atoms with Crippen molar-refractivity contribution < 1.29 is 4.84 Å². The Morgan fingerprint density at radius 3 is 2.22 bits per heavy atom. The number of hydrogen-bond acceptors (Lipinski definition) is 2. The third-order valence-electron chi connectivity index (χ3n) is 1.14. The van der Waals surface area contributed by atoms with Gasteiger partial charge >= 0.3 is 0 Å². The maximum absolute atomic E-state index is 5.26. The molecule has 9 heavy (non-hydrogen) atoms. The van der Waals surface area contributed by atoms with E-state index in [0.29, 0.717) is 0 Å². The Kier molecular flexibility index (Phi) is 5.99. The summed E-state index contributed by atoms with van der Waals surface area (Å²) in [6, 6.07) is 0. The first-order valence-corrected chi connectivity index (χ1v) is 3.73. The largest absolute Gasteiger partial charge is 0.159 e. The molecule has 0 spiro atoms. The van der Waals surface area contributed by atoms with Crippen LogP contribution < -0.4 is 5.06 Å². The average Bonchev–Trinajstić information content (AvgIpc) is 1.88. The Bertz CT molecular complexity index is 50.9. The van der Waals surface area contributed by atoms with E-state index in [1.165, 1.54) is 0 Å². The lowest BCUT2D eigenvalue weighted by atomic mass is 10.5. The van der Waals surface area contributed by atoms with Crippen LogP contribution in [-0.4, -0.2) is 19.7 Å². The maximum atomic E-state index is 5.26. The standard InChI is InChI=1S/C7H17NO/c1-4-7-8(5-2)9-6-3/h4-7H2,1-3H3/q+1. The Hall–Kier alpha value is -0.0800. The number of rotatable bonds is 5. The highest BCUT2D eigenvalue weighted by molar-refractivity contribution is 4.44. The zero-order valence-electron chi connectivity index (χ0n) is 6.68. The maximum Gasteiger partial charge on any atom is 0.159 e. The molecule has 0 amide bonds. The first-order valence-electron chi connectivity index (χ1n) is 3.73. The summed E-state index contributed by atoms with van der Waals surface area (Å²) in [5.74, 6) is 0. The zero-order valence-corrected chi connectivity index (χ0v) is 6.68. The van der Waals surface area contributed by atoms with Crippen molar-refractivity contribution in [3.05, 3.63) is 0 Å². The van der Waals surface area contributed by atoms with Crippen molar-refractivity contribution in [2.75, 3.05) is 19.7 Å². The minimum Gasteiger partial charge on any atom is -0.149 e. The van der Waals surface area contributed by atoms with Crippen LogP contribution in [0.4, 0.5) is 0 Å². The fraction of sp³-hybridized carbons (Fsp3) is 1.00. The van der Waals surface area contributed by atoms with Gasteiger partial charge in [-0.1, -0.05) is 6.92 Å². The second-order valence-corrected chi connectivity index (χ2v) is 1.94. The van der Waals surface area contributed by atoms with Crippen LogP contribution in [0.3, 0.4) is 0 Å². The first-order chi connectivity index (χ1) is 4.35. The normalized spacial score (nSPS) is 10.7. The van der Waals surface area contributed by atoms with Crippen molar-refractivity contribution in [3.63, 3.8) is 0 Å². The van der Waals surface area contributed by atoms with E-state index < -0.39 is 0 Å². The number of nitrogens with zero attached hydrogens (tertiary/aromatic N) is 1. The van der Waals surface area contributed by atoms with Gasteiger partial charge in [-0.2, -0.15) is 0 Å². The molecule has 0 rings (SSSR count). The Morgan fingerprint density at radius 2 is 1.89 bits per heavy atom. The van der Waals surface area contributed by atoms with Crippen LogP contribution in [0.1, 0.15) is 27.2 Å². The molecule has 0 unspecified atom stereocenters. The molecular formula is C7H17NO+. The molecule has 0 aliphatic rings. The number of hydroxylamine groups is 2. The molecule has 0 aliphatic heterocycles. The van der Waals surface area contributed by atoms with Crippen molar-refractivity contribution in [2.24, 2.45) is 0 Å². The molecular weight excluding hydrogens is 114 g/mol. The zero-order chi connectivity index (χ0) is 7.11. The van der Waals surface area contributed by atoms with E-state index >= 15 is 0 Å². The molecule has 2 nitrogen and oxygen atoms in total. The van der Waals surface area contributed by atoms with Crippen molar-refractivity contribution in [2.45, 2.75) is 27.2 Å². The summed E-state index contributed by atoms with van der Waals surface area (Å²) in [4.78, 5) is 5.26. The van der Waals surface area contributed by atoms with E-state index in [-0.39, 0.29) is 0 Å². The van der Waals surface area contributed by atoms with E-state index in [4.69, 9.17) is 4.84 Å². The fourth-order valence-electron chi connectivity index (χ4n) is 0.746. The average molecular weight is 131 g/mol. The topological polar surface area (TPSA) is 15.1 Å². The lowest BCUT2D eigenvalue weighted by Gasteiger charge is -2.03. The van der Waals surface area contributed by atoms with Crippen LogP contribution in [0, 0.1) is 0 Å². The monoisotopic (exact) mass is 131 g/mol. The van der Waals surface area contributed by atoms with E-state index in [1.54, 1.807) is 0 Å². The fourth-order valence-corrected chi connectivity index (χ4v) is 0.746. The van der Waals surface area contributed by atoms with Gasteiger partial charge in [0.1, 0.15) is 6.61 Å². The third kappa shape index (κ3) is 4.43. The summed E-state index contributed by atoms with van der Waals surface area (Å²) >= 11 is 0. The summed E-state index contributed by atoms with van der Waals surface area (Å²) in [6.07, 6.45) is 1.16. The van der Waals surface area contributed by atoms with Crippen LogP contribution in [0.5, 0.6) is 0 Å². The van der Waals surface area contributed by atoms with Gasteiger partial charge in [0, 0.05) is 6.42 Å². The van der Waals surface area contributed by atoms with Gasteiger partial charge < -0.3 is 0 Å². The summed E-state index contributed by atoms with van der Waals surface area (Å²) in [5.41, 5.74) is 0. The predicted molar refractivity (Wildman–Crippen MR) is 39.5 cm³/mol. The molecule has 0 saturated heterocycles. The minimum atomic E-state index is 0.786. The summed E-state index contributed by atoms with van der Waals surface area (Å²) in [6.45, 7) is 9.09. The lowest BCUT2D eigenvalue weighted by Crippen LogP contribution is -2.30. The molecule has 0 atom stereocenters. The number of hydrogen-bond donors (Lipinski definition) is 0. The van der Waals surface area contributed by atoms with Crippen LogP contribution in [-0.2, 0) is 4.84 Å². The van der Waals surface area contributed by atoms with E-state index in [9.17, 15) is 0 Å². The van der Waals surface area contributed by atoms with Crippen LogP contribution in [0.2, 0.25) is 0 Å². The molecule has 0 aromatic rings. The van der Waals surface area contributed by atoms with Gasteiger partial charge in [0.2, 0.25) is 0 Å². The molecule has 2 heteroatoms. The molecule has 55 valence electrons. The van der Waals surface area contributed by atoms with Gasteiger partial charge in [-0.05, 0) is 18.9 Å². The van der Waals surface area contributed by atoms with Gasteiger partial charge in [0.05, 0.1) is 0 Å². The quantitative estimate of drug-likeness (QED) is 0.408. The Balaban J connectivity index is 3.18.